The highest BCUT2D eigenvalue weighted by atomic mass is 35.5. The average Bonchev–Trinajstić information content (AvgIpc) is 3.31. The van der Waals surface area contributed by atoms with E-state index in [1.807, 2.05) is 6.92 Å². The minimum atomic E-state index is -4.71. The Morgan fingerprint density at radius 3 is 2.55 bits per heavy atom. The lowest BCUT2D eigenvalue weighted by Crippen LogP contribution is -2.38. The third kappa shape index (κ3) is 6.80. The second-order valence-electron chi connectivity index (χ2n) is 10.5. The Balaban J connectivity index is 1.39. The third-order valence-corrected chi connectivity index (χ3v) is 9.01. The molecule has 3 N–H and O–H groups in total. The van der Waals surface area contributed by atoms with E-state index in [1.165, 1.54) is 23.0 Å². The topological polar surface area (TPSA) is 136 Å². The lowest BCUT2D eigenvalue weighted by molar-refractivity contribution is -0.137. The van der Waals surface area contributed by atoms with Crippen molar-refractivity contribution in [1.82, 2.24) is 24.1 Å². The van der Waals surface area contributed by atoms with E-state index in [9.17, 15) is 26.4 Å². The van der Waals surface area contributed by atoms with E-state index in [0.29, 0.717) is 66.5 Å². The average molecular weight is 646 g/mol. The number of halogens is 4. The van der Waals surface area contributed by atoms with Gasteiger partial charge in [-0.3, -0.25) is 4.79 Å². The number of aromatic nitrogens is 4. The van der Waals surface area contributed by atoms with Gasteiger partial charge in [-0.1, -0.05) is 23.6 Å². The molecule has 0 radical (unpaired) electrons. The molecule has 230 valence electrons. The number of sulfonamides is 1. The van der Waals surface area contributed by atoms with Gasteiger partial charge in [-0.25, -0.2) is 27.4 Å². The number of hydrogen-bond donors (Lipinski definition) is 2. The van der Waals surface area contributed by atoms with Gasteiger partial charge in [0.25, 0.3) is 5.91 Å². The zero-order valence-corrected chi connectivity index (χ0v) is 25.2. The van der Waals surface area contributed by atoms with Gasteiger partial charge in [-0.05, 0) is 67.5 Å². The first-order valence-corrected chi connectivity index (χ1v) is 15.7. The molecule has 1 fully saturated rings. The predicted octanol–water partition coefficient (Wildman–Crippen LogP) is 4.71. The Bertz CT molecular complexity index is 1930. The summed E-state index contributed by atoms with van der Waals surface area (Å²) >= 11 is 5.67. The molecule has 15 heteroatoms. The molecule has 0 atom stereocenters. The maximum atomic E-state index is 13.3. The molecule has 3 heterocycles. The number of nitrogens with one attached hydrogen (secondary N) is 1. The third-order valence-electron chi connectivity index (χ3n) is 7.38. The second kappa shape index (κ2) is 12.1. The van der Waals surface area contributed by atoms with Crippen LogP contribution in [0.3, 0.4) is 0 Å². The molecular weight excluding hydrogens is 619 g/mol. The number of anilines is 2. The molecule has 0 saturated carbocycles. The Morgan fingerprint density at radius 1 is 1.14 bits per heavy atom. The minimum absolute atomic E-state index is 0.170. The van der Waals surface area contributed by atoms with Crippen LogP contribution in [-0.2, 0) is 22.7 Å². The van der Waals surface area contributed by atoms with E-state index in [-0.39, 0.29) is 17.3 Å². The van der Waals surface area contributed by atoms with Gasteiger partial charge in [0.1, 0.15) is 17.8 Å². The molecule has 44 heavy (non-hydrogen) atoms. The molecule has 4 aromatic rings. The molecular formula is C29H27ClF3N7O3S. The van der Waals surface area contributed by atoms with E-state index in [1.54, 1.807) is 22.9 Å². The van der Waals surface area contributed by atoms with Crippen LogP contribution in [0, 0.1) is 24.7 Å². The maximum Gasteiger partial charge on any atom is 0.417 e. The summed E-state index contributed by atoms with van der Waals surface area (Å²) in [6.45, 7) is 3.18. The van der Waals surface area contributed by atoms with Crippen LogP contribution in [-0.4, -0.2) is 57.7 Å². The Kier molecular flexibility index (Phi) is 8.57. The number of hydrogen-bond acceptors (Lipinski definition) is 7. The quantitative estimate of drug-likeness (QED) is 0.300. The molecule has 1 saturated heterocycles. The van der Waals surface area contributed by atoms with Crippen LogP contribution in [0.1, 0.15) is 45.6 Å². The molecule has 2 aromatic carbocycles. The zero-order chi connectivity index (χ0) is 31.8. The number of aryl methyl sites for hydroxylation is 1. The van der Waals surface area contributed by atoms with Gasteiger partial charge >= 0.3 is 6.18 Å². The zero-order valence-electron chi connectivity index (χ0n) is 23.6. The number of rotatable bonds is 5. The van der Waals surface area contributed by atoms with Crippen molar-refractivity contribution in [3.63, 3.8) is 0 Å². The number of nitrogens with two attached hydrogens (primary N) is 1. The molecule has 1 aliphatic heterocycles. The lowest BCUT2D eigenvalue weighted by atomic mass is 9.98. The fourth-order valence-electron chi connectivity index (χ4n) is 4.96. The van der Waals surface area contributed by atoms with Crippen molar-refractivity contribution >= 4 is 50.1 Å². The fraction of sp³-hybridized carbons (Fsp3) is 0.310. The first-order valence-electron chi connectivity index (χ1n) is 13.4. The number of nitrogens with zero attached hydrogens (tertiary/aromatic N) is 5. The summed E-state index contributed by atoms with van der Waals surface area (Å²) in [4.78, 5) is 21.2. The van der Waals surface area contributed by atoms with Gasteiger partial charge < -0.3 is 11.1 Å². The Hall–Kier alpha value is -4.19. The van der Waals surface area contributed by atoms with Crippen LogP contribution in [0.4, 0.5) is 24.7 Å². The van der Waals surface area contributed by atoms with E-state index in [2.05, 4.69) is 32.2 Å². The highest BCUT2D eigenvalue weighted by Crippen LogP contribution is 2.35. The van der Waals surface area contributed by atoms with Crippen LogP contribution in [0.15, 0.2) is 42.7 Å². The van der Waals surface area contributed by atoms with Crippen molar-refractivity contribution in [2.45, 2.75) is 32.5 Å². The summed E-state index contributed by atoms with van der Waals surface area (Å²) in [7, 11) is -3.24. The molecule has 1 aliphatic rings. The summed E-state index contributed by atoms with van der Waals surface area (Å²) in [5.41, 5.74) is 7.38. The van der Waals surface area contributed by atoms with Gasteiger partial charge in [0, 0.05) is 36.4 Å². The monoisotopic (exact) mass is 645 g/mol. The highest BCUT2D eigenvalue weighted by Gasteiger charge is 2.34. The summed E-state index contributed by atoms with van der Waals surface area (Å²) in [5, 5.41) is 7.25. The van der Waals surface area contributed by atoms with Crippen LogP contribution >= 0.6 is 11.6 Å². The standard InChI is InChI=1S/C29H27ClF3N7O3S/c1-17-3-6-21(37-28(41)20-4-7-23(30)22(14-20)29(31,32)33)13-19(17)5-8-24-25-26(34)35-16-36-27(25)40(38-24)15-18-9-11-39(12-10-18)44(2,42)43/h3-4,6-7,13-14,16,18H,9-12,15H2,1-2H3,(H,37,41)(H2,34,35,36). The first-order chi connectivity index (χ1) is 20.7. The largest absolute Gasteiger partial charge is 0.417 e. The molecule has 1 amide bonds. The van der Waals surface area contributed by atoms with Crippen LogP contribution in [0.25, 0.3) is 11.0 Å². The van der Waals surface area contributed by atoms with Gasteiger partial charge in [-0.2, -0.15) is 18.3 Å². The summed E-state index contributed by atoms with van der Waals surface area (Å²) in [6, 6.07) is 7.89. The second-order valence-corrected chi connectivity index (χ2v) is 12.9. The molecule has 10 nitrogen and oxygen atoms in total. The summed E-state index contributed by atoms with van der Waals surface area (Å²) in [5.74, 6) is 5.71. The van der Waals surface area contributed by atoms with Crippen molar-refractivity contribution < 1.29 is 26.4 Å². The lowest BCUT2D eigenvalue weighted by Gasteiger charge is -2.30. The first kappa shape index (κ1) is 31.2. The summed E-state index contributed by atoms with van der Waals surface area (Å²) in [6.07, 6.45) is -0.824. The molecule has 0 spiro atoms. The SMILES string of the molecule is Cc1ccc(NC(=O)c2ccc(Cl)c(C(F)(F)F)c2)cc1C#Cc1nn(CC2CCN(S(C)(=O)=O)CC2)c2ncnc(N)c12. The van der Waals surface area contributed by atoms with E-state index in [0.717, 1.165) is 11.6 Å². The number of carbonyl (C=O) groups excluding carboxylic acids is 1. The minimum Gasteiger partial charge on any atom is -0.383 e. The highest BCUT2D eigenvalue weighted by molar-refractivity contribution is 7.88. The van der Waals surface area contributed by atoms with Crippen LogP contribution < -0.4 is 11.1 Å². The van der Waals surface area contributed by atoms with Crippen molar-refractivity contribution in [2.24, 2.45) is 5.92 Å². The smallest absolute Gasteiger partial charge is 0.383 e. The number of benzene rings is 2. The Labute approximate surface area is 256 Å². The van der Waals surface area contributed by atoms with Gasteiger partial charge in [0.2, 0.25) is 10.0 Å². The number of alkyl halides is 3. The van der Waals surface area contributed by atoms with Gasteiger partial charge in [0.15, 0.2) is 5.65 Å². The number of piperidine rings is 1. The van der Waals surface area contributed by atoms with Crippen molar-refractivity contribution in [3.05, 3.63) is 75.7 Å². The number of amides is 1. The summed E-state index contributed by atoms with van der Waals surface area (Å²) < 4.78 is 66.7. The molecule has 0 aliphatic carbocycles. The van der Waals surface area contributed by atoms with Crippen molar-refractivity contribution in [2.75, 3.05) is 30.4 Å². The molecule has 2 aromatic heterocycles. The normalized spacial score (nSPS) is 14.8. The number of nitrogen functional groups attached to an aromatic ring is 1. The molecule has 0 unspecified atom stereocenters. The van der Waals surface area contributed by atoms with Gasteiger partial charge in [0.05, 0.1) is 22.2 Å². The van der Waals surface area contributed by atoms with Crippen molar-refractivity contribution in [3.8, 4) is 11.8 Å². The van der Waals surface area contributed by atoms with E-state index in [4.69, 9.17) is 17.3 Å². The predicted molar refractivity (Wildman–Crippen MR) is 160 cm³/mol. The number of fused-ring (bicyclic) bond motifs is 1. The van der Waals surface area contributed by atoms with Crippen molar-refractivity contribution in [1.29, 1.82) is 0 Å². The maximum absolute atomic E-state index is 13.3. The van der Waals surface area contributed by atoms with Crippen LogP contribution in [0.2, 0.25) is 5.02 Å². The number of carbonyl (C=O) groups is 1. The molecule has 5 rings (SSSR count). The fourth-order valence-corrected chi connectivity index (χ4v) is 6.06. The van der Waals surface area contributed by atoms with Crippen LogP contribution in [0.5, 0.6) is 0 Å². The molecule has 0 bridgehead atoms. The van der Waals surface area contributed by atoms with E-state index >= 15 is 0 Å². The van der Waals surface area contributed by atoms with E-state index < -0.39 is 32.7 Å². The Morgan fingerprint density at radius 2 is 1.86 bits per heavy atom. The van der Waals surface area contributed by atoms with Gasteiger partial charge in [-0.15, -0.1) is 0 Å².